The number of morpholine rings is 1. The van der Waals surface area contributed by atoms with E-state index >= 15 is 0 Å². The minimum atomic E-state index is -4.47. The van der Waals surface area contributed by atoms with Gasteiger partial charge in [-0.3, -0.25) is 9.48 Å². The Hall–Kier alpha value is -3.21. The lowest BCUT2D eigenvalue weighted by atomic mass is 10.1. The predicted molar refractivity (Wildman–Crippen MR) is 102 cm³/mol. The van der Waals surface area contributed by atoms with Gasteiger partial charge in [-0.1, -0.05) is 17.3 Å². The van der Waals surface area contributed by atoms with Gasteiger partial charge in [0.25, 0.3) is 11.8 Å². The van der Waals surface area contributed by atoms with Crippen molar-refractivity contribution in [1.29, 1.82) is 0 Å². The van der Waals surface area contributed by atoms with Crippen molar-refractivity contribution in [2.45, 2.75) is 32.7 Å². The lowest BCUT2D eigenvalue weighted by Gasteiger charge is -2.31. The first-order valence-corrected chi connectivity index (χ1v) is 9.72. The smallest absolute Gasteiger partial charge is 0.365 e. The van der Waals surface area contributed by atoms with Crippen LogP contribution in [0, 0.1) is 6.92 Å². The zero-order chi connectivity index (χ0) is 22.2. The molecule has 1 atom stereocenters. The molecule has 0 bridgehead atoms. The number of benzene rings is 1. The summed E-state index contributed by atoms with van der Waals surface area (Å²) in [5.41, 5.74) is 0.526. The van der Waals surface area contributed by atoms with Crippen molar-refractivity contribution in [3.05, 3.63) is 53.2 Å². The van der Waals surface area contributed by atoms with Gasteiger partial charge in [-0.2, -0.15) is 23.3 Å². The molecule has 0 N–H and O–H groups in total. The summed E-state index contributed by atoms with van der Waals surface area (Å²) in [7, 11) is 0. The van der Waals surface area contributed by atoms with Crippen LogP contribution in [0.4, 0.5) is 13.2 Å². The van der Waals surface area contributed by atoms with Crippen molar-refractivity contribution in [2.75, 3.05) is 19.7 Å². The molecule has 1 aliphatic heterocycles. The van der Waals surface area contributed by atoms with Gasteiger partial charge >= 0.3 is 6.18 Å². The number of aryl methyl sites for hydroxylation is 2. The van der Waals surface area contributed by atoms with Gasteiger partial charge in [0.05, 0.1) is 30.0 Å². The van der Waals surface area contributed by atoms with Gasteiger partial charge in [0.15, 0.2) is 6.10 Å². The fourth-order valence-electron chi connectivity index (χ4n) is 3.36. The summed E-state index contributed by atoms with van der Waals surface area (Å²) < 4.78 is 51.5. The zero-order valence-electron chi connectivity index (χ0n) is 16.9. The van der Waals surface area contributed by atoms with E-state index in [9.17, 15) is 18.0 Å². The molecule has 1 fully saturated rings. The first kappa shape index (κ1) is 21.0. The second-order valence-electron chi connectivity index (χ2n) is 7.13. The Morgan fingerprint density at radius 2 is 2.13 bits per heavy atom. The normalized spacial score (nSPS) is 17.2. The Balaban J connectivity index is 1.51. The fourth-order valence-corrected chi connectivity index (χ4v) is 3.36. The quantitative estimate of drug-likeness (QED) is 0.624. The van der Waals surface area contributed by atoms with Crippen LogP contribution < -0.4 is 0 Å². The molecule has 164 valence electrons. The standard InChI is InChI=1S/C20H20F3N5O3/c1-3-28-10-15(12(2)25-28)19(29)27-7-8-30-16(11-27)18-24-17(26-31-18)13-5-4-6-14(9-13)20(21,22)23/h4-6,9-10,16H,3,7-8,11H2,1-2H3/t16-/m1/s1. The number of hydrogen-bond acceptors (Lipinski definition) is 6. The summed E-state index contributed by atoms with van der Waals surface area (Å²) in [5, 5.41) is 8.09. The number of ether oxygens (including phenoxy) is 1. The van der Waals surface area contributed by atoms with Crippen molar-refractivity contribution in [2.24, 2.45) is 0 Å². The molecule has 3 aromatic rings. The van der Waals surface area contributed by atoms with Crippen LogP contribution in [-0.2, 0) is 17.5 Å². The highest BCUT2D eigenvalue weighted by Crippen LogP contribution is 2.32. The monoisotopic (exact) mass is 435 g/mol. The van der Waals surface area contributed by atoms with E-state index in [0.717, 1.165) is 12.1 Å². The Kier molecular flexibility index (Phi) is 5.52. The van der Waals surface area contributed by atoms with E-state index in [1.807, 2.05) is 6.92 Å². The Labute approximate surface area is 175 Å². The first-order valence-electron chi connectivity index (χ1n) is 9.72. The summed E-state index contributed by atoms with van der Waals surface area (Å²) >= 11 is 0. The summed E-state index contributed by atoms with van der Waals surface area (Å²) in [5.74, 6) is -0.0535. The molecule has 0 radical (unpaired) electrons. The number of aromatic nitrogens is 4. The number of amides is 1. The number of halogens is 3. The average Bonchev–Trinajstić information content (AvgIpc) is 3.40. The maximum absolute atomic E-state index is 13.0. The highest BCUT2D eigenvalue weighted by molar-refractivity contribution is 5.95. The van der Waals surface area contributed by atoms with Crippen LogP contribution in [0.15, 0.2) is 35.0 Å². The molecule has 31 heavy (non-hydrogen) atoms. The fraction of sp³-hybridized carbons (Fsp3) is 0.400. The van der Waals surface area contributed by atoms with Crippen molar-refractivity contribution < 1.29 is 27.2 Å². The van der Waals surface area contributed by atoms with Crippen LogP contribution >= 0.6 is 0 Å². The molecule has 2 aromatic heterocycles. The van der Waals surface area contributed by atoms with E-state index in [1.54, 1.807) is 22.7 Å². The van der Waals surface area contributed by atoms with Crippen molar-refractivity contribution in [1.82, 2.24) is 24.8 Å². The molecular weight excluding hydrogens is 415 g/mol. The van der Waals surface area contributed by atoms with Gasteiger partial charge < -0.3 is 14.2 Å². The number of rotatable bonds is 4. The second kappa shape index (κ2) is 8.14. The Bertz CT molecular complexity index is 1090. The lowest BCUT2D eigenvalue weighted by Crippen LogP contribution is -2.42. The third-order valence-corrected chi connectivity index (χ3v) is 5.02. The molecular formula is C20H20F3N5O3. The summed E-state index contributed by atoms with van der Waals surface area (Å²) in [6.07, 6.45) is -3.44. The van der Waals surface area contributed by atoms with Gasteiger partial charge in [0.2, 0.25) is 5.82 Å². The van der Waals surface area contributed by atoms with E-state index in [0.29, 0.717) is 24.3 Å². The molecule has 8 nitrogen and oxygen atoms in total. The van der Waals surface area contributed by atoms with Gasteiger partial charge in [0.1, 0.15) is 0 Å². The molecule has 1 amide bonds. The number of nitrogens with zero attached hydrogens (tertiary/aromatic N) is 5. The molecule has 0 unspecified atom stereocenters. The van der Waals surface area contributed by atoms with Crippen LogP contribution in [0.2, 0.25) is 0 Å². The largest absolute Gasteiger partial charge is 0.416 e. The third-order valence-electron chi connectivity index (χ3n) is 5.02. The Morgan fingerprint density at radius 3 is 2.84 bits per heavy atom. The maximum Gasteiger partial charge on any atom is 0.416 e. The number of carbonyl (C=O) groups excluding carboxylic acids is 1. The van der Waals surface area contributed by atoms with Crippen LogP contribution in [0.5, 0.6) is 0 Å². The molecule has 1 aromatic carbocycles. The molecule has 1 aliphatic rings. The highest BCUT2D eigenvalue weighted by atomic mass is 19.4. The SMILES string of the molecule is CCn1cc(C(=O)N2CCO[C@@H](c3nc(-c4cccc(C(F)(F)F)c4)no3)C2)c(C)n1. The molecule has 0 aliphatic carbocycles. The maximum atomic E-state index is 13.0. The second-order valence-corrected chi connectivity index (χ2v) is 7.13. The van der Waals surface area contributed by atoms with E-state index in [1.165, 1.54) is 12.1 Å². The molecule has 0 saturated carbocycles. The minimum Gasteiger partial charge on any atom is -0.365 e. The average molecular weight is 435 g/mol. The summed E-state index contributed by atoms with van der Waals surface area (Å²) in [6, 6.07) is 4.68. The number of hydrogen-bond donors (Lipinski definition) is 0. The van der Waals surface area contributed by atoms with Crippen molar-refractivity contribution in [3.8, 4) is 11.4 Å². The van der Waals surface area contributed by atoms with Gasteiger partial charge in [-0.05, 0) is 26.0 Å². The van der Waals surface area contributed by atoms with Crippen LogP contribution in [0.25, 0.3) is 11.4 Å². The first-order chi connectivity index (χ1) is 14.8. The van der Waals surface area contributed by atoms with Crippen LogP contribution in [0.3, 0.4) is 0 Å². The summed E-state index contributed by atoms with van der Waals surface area (Å²) in [6.45, 7) is 5.19. The molecule has 0 spiro atoms. The molecule has 1 saturated heterocycles. The highest BCUT2D eigenvalue weighted by Gasteiger charge is 2.33. The lowest BCUT2D eigenvalue weighted by molar-refractivity contribution is -0.137. The van der Waals surface area contributed by atoms with E-state index in [4.69, 9.17) is 9.26 Å². The topological polar surface area (TPSA) is 86.3 Å². The predicted octanol–water partition coefficient (Wildman–Crippen LogP) is 3.49. The van der Waals surface area contributed by atoms with Crippen molar-refractivity contribution in [3.63, 3.8) is 0 Å². The number of alkyl halides is 3. The van der Waals surface area contributed by atoms with Crippen LogP contribution in [-0.4, -0.2) is 50.4 Å². The number of carbonyl (C=O) groups is 1. The van der Waals surface area contributed by atoms with Crippen LogP contribution in [0.1, 0.15) is 40.5 Å². The molecule has 3 heterocycles. The van der Waals surface area contributed by atoms with Gasteiger partial charge in [0, 0.05) is 24.8 Å². The van der Waals surface area contributed by atoms with E-state index in [2.05, 4.69) is 15.2 Å². The Morgan fingerprint density at radius 1 is 1.32 bits per heavy atom. The molecule has 11 heteroatoms. The van der Waals surface area contributed by atoms with E-state index in [-0.39, 0.29) is 36.3 Å². The van der Waals surface area contributed by atoms with Gasteiger partial charge in [-0.15, -0.1) is 0 Å². The van der Waals surface area contributed by atoms with Crippen molar-refractivity contribution >= 4 is 5.91 Å². The van der Waals surface area contributed by atoms with Gasteiger partial charge in [-0.25, -0.2) is 0 Å². The molecule has 4 rings (SSSR count). The third kappa shape index (κ3) is 4.31. The summed E-state index contributed by atoms with van der Waals surface area (Å²) in [4.78, 5) is 18.8. The minimum absolute atomic E-state index is 0.0215. The zero-order valence-corrected chi connectivity index (χ0v) is 16.9. The van der Waals surface area contributed by atoms with E-state index < -0.39 is 17.8 Å².